The fraction of sp³-hybridized carbons (Fsp3) is 0.364. The first kappa shape index (κ1) is 21.3. The molecule has 0 radical (unpaired) electrons. The molecule has 6 heteroatoms. The van der Waals surface area contributed by atoms with Gasteiger partial charge in [0.2, 0.25) is 5.91 Å². The number of amides is 1. The molecule has 0 aliphatic rings. The van der Waals surface area contributed by atoms with E-state index in [1.54, 1.807) is 7.11 Å². The molecule has 3 N–H and O–H groups in total. The number of nitrogens with one attached hydrogen (secondary N) is 3. The summed E-state index contributed by atoms with van der Waals surface area (Å²) in [4.78, 5) is 16.7. The highest BCUT2D eigenvalue weighted by Crippen LogP contribution is 2.11. The minimum Gasteiger partial charge on any atom is -0.497 e. The first-order chi connectivity index (χ1) is 13.7. The zero-order valence-corrected chi connectivity index (χ0v) is 16.9. The molecule has 0 bridgehead atoms. The zero-order valence-electron chi connectivity index (χ0n) is 16.9. The minimum atomic E-state index is -0.0876. The van der Waals surface area contributed by atoms with Crippen molar-refractivity contribution in [2.45, 2.75) is 33.4 Å². The number of aryl methyl sites for hydroxylation is 1. The zero-order chi connectivity index (χ0) is 20.2. The Morgan fingerprint density at radius 3 is 2.32 bits per heavy atom. The summed E-state index contributed by atoms with van der Waals surface area (Å²) in [7, 11) is 1.63. The molecule has 0 atom stereocenters. The molecular weight excluding hydrogens is 352 g/mol. The lowest BCUT2D eigenvalue weighted by Crippen LogP contribution is -2.43. The number of rotatable bonds is 9. The topological polar surface area (TPSA) is 74.8 Å². The third kappa shape index (κ3) is 6.95. The SMILES string of the molecule is CCNC(=NCc1ccccc1CC)NCC(=O)NCc1ccc(OC)cc1. The van der Waals surface area contributed by atoms with Crippen molar-refractivity contribution < 1.29 is 9.53 Å². The van der Waals surface area contributed by atoms with Gasteiger partial charge in [-0.15, -0.1) is 0 Å². The maximum absolute atomic E-state index is 12.1. The quantitative estimate of drug-likeness (QED) is 0.460. The first-order valence-electron chi connectivity index (χ1n) is 9.64. The average Bonchev–Trinajstić information content (AvgIpc) is 2.74. The molecule has 0 spiro atoms. The van der Waals surface area contributed by atoms with Crippen LogP contribution in [0, 0.1) is 0 Å². The van der Waals surface area contributed by atoms with Crippen LogP contribution in [0.3, 0.4) is 0 Å². The van der Waals surface area contributed by atoms with Gasteiger partial charge in [0.25, 0.3) is 0 Å². The van der Waals surface area contributed by atoms with Gasteiger partial charge >= 0.3 is 0 Å². The Balaban J connectivity index is 1.84. The maximum atomic E-state index is 12.1. The Kier molecular flexibility index (Phi) is 8.85. The highest BCUT2D eigenvalue weighted by molar-refractivity contribution is 5.86. The van der Waals surface area contributed by atoms with Gasteiger partial charge in [-0.2, -0.15) is 0 Å². The lowest BCUT2D eigenvalue weighted by molar-refractivity contribution is -0.120. The molecule has 150 valence electrons. The first-order valence-corrected chi connectivity index (χ1v) is 9.64. The van der Waals surface area contributed by atoms with Gasteiger partial charge < -0.3 is 20.7 Å². The highest BCUT2D eigenvalue weighted by Gasteiger charge is 2.05. The summed E-state index contributed by atoms with van der Waals surface area (Å²) in [6, 6.07) is 15.9. The van der Waals surface area contributed by atoms with Crippen molar-refractivity contribution in [2.75, 3.05) is 20.2 Å². The Labute approximate surface area is 167 Å². The van der Waals surface area contributed by atoms with Crippen LogP contribution < -0.4 is 20.7 Å². The third-order valence-corrected chi connectivity index (χ3v) is 4.32. The van der Waals surface area contributed by atoms with Gasteiger partial charge in [0.05, 0.1) is 20.2 Å². The normalized spacial score (nSPS) is 11.0. The van der Waals surface area contributed by atoms with E-state index in [0.717, 1.165) is 24.3 Å². The highest BCUT2D eigenvalue weighted by atomic mass is 16.5. The van der Waals surface area contributed by atoms with Gasteiger partial charge in [-0.3, -0.25) is 4.79 Å². The van der Waals surface area contributed by atoms with Crippen LogP contribution in [0.2, 0.25) is 0 Å². The number of hydrogen-bond donors (Lipinski definition) is 3. The summed E-state index contributed by atoms with van der Waals surface area (Å²) in [5, 5.41) is 9.17. The van der Waals surface area contributed by atoms with Crippen molar-refractivity contribution in [2.24, 2.45) is 4.99 Å². The smallest absolute Gasteiger partial charge is 0.239 e. The van der Waals surface area contributed by atoms with Crippen LogP contribution >= 0.6 is 0 Å². The standard InChI is InChI=1S/C22H30N4O2/c1-4-18-8-6-7-9-19(18)15-25-22(23-5-2)26-16-21(27)24-14-17-10-12-20(28-3)13-11-17/h6-13H,4-5,14-16H2,1-3H3,(H,24,27)(H2,23,25,26). The number of carbonyl (C=O) groups is 1. The van der Waals surface area contributed by atoms with E-state index in [1.165, 1.54) is 11.1 Å². The summed E-state index contributed by atoms with van der Waals surface area (Å²) >= 11 is 0. The molecule has 28 heavy (non-hydrogen) atoms. The largest absolute Gasteiger partial charge is 0.497 e. The van der Waals surface area contributed by atoms with Crippen molar-refractivity contribution in [3.63, 3.8) is 0 Å². The number of carbonyl (C=O) groups excluding carboxylic acids is 1. The average molecular weight is 383 g/mol. The van der Waals surface area contributed by atoms with Crippen LogP contribution in [0.5, 0.6) is 5.75 Å². The van der Waals surface area contributed by atoms with Crippen molar-refractivity contribution in [3.8, 4) is 5.75 Å². The molecule has 0 saturated carbocycles. The predicted octanol–water partition coefficient (Wildman–Crippen LogP) is 2.63. The van der Waals surface area contributed by atoms with E-state index in [0.29, 0.717) is 19.0 Å². The van der Waals surface area contributed by atoms with Gasteiger partial charge in [-0.1, -0.05) is 43.3 Å². The number of nitrogens with zero attached hydrogens (tertiary/aromatic N) is 1. The van der Waals surface area contributed by atoms with Crippen LogP contribution in [0.15, 0.2) is 53.5 Å². The molecule has 1 amide bonds. The lowest BCUT2D eigenvalue weighted by atomic mass is 10.1. The predicted molar refractivity (Wildman–Crippen MR) is 113 cm³/mol. The van der Waals surface area contributed by atoms with Gasteiger partial charge in [0.1, 0.15) is 5.75 Å². The van der Waals surface area contributed by atoms with Crippen molar-refractivity contribution in [3.05, 3.63) is 65.2 Å². The summed E-state index contributed by atoms with van der Waals surface area (Å²) < 4.78 is 5.13. The molecule has 2 aromatic carbocycles. The summed E-state index contributed by atoms with van der Waals surface area (Å²) in [5.41, 5.74) is 3.51. The van der Waals surface area contributed by atoms with Crippen LogP contribution in [0.25, 0.3) is 0 Å². The van der Waals surface area contributed by atoms with Gasteiger partial charge in [-0.05, 0) is 42.2 Å². The number of methoxy groups -OCH3 is 1. The van der Waals surface area contributed by atoms with Crippen LogP contribution in [0.1, 0.15) is 30.5 Å². The van der Waals surface area contributed by atoms with E-state index in [9.17, 15) is 4.79 Å². The molecule has 2 aromatic rings. The molecule has 0 aromatic heterocycles. The molecule has 0 aliphatic heterocycles. The number of guanidine groups is 1. The van der Waals surface area contributed by atoms with E-state index < -0.39 is 0 Å². The minimum absolute atomic E-state index is 0.0876. The molecule has 6 nitrogen and oxygen atoms in total. The summed E-state index contributed by atoms with van der Waals surface area (Å²) in [5.74, 6) is 1.34. The van der Waals surface area contributed by atoms with Gasteiger partial charge in [-0.25, -0.2) is 4.99 Å². The fourth-order valence-electron chi connectivity index (χ4n) is 2.73. The number of aliphatic imine (C=N–C) groups is 1. The van der Waals surface area contributed by atoms with Crippen molar-refractivity contribution in [1.29, 1.82) is 0 Å². The molecule has 0 saturated heterocycles. The van der Waals surface area contributed by atoms with Crippen LogP contribution in [0.4, 0.5) is 0 Å². The Morgan fingerprint density at radius 2 is 1.68 bits per heavy atom. The second-order valence-corrected chi connectivity index (χ2v) is 6.30. The maximum Gasteiger partial charge on any atom is 0.239 e. The van der Waals surface area contributed by atoms with Crippen LogP contribution in [-0.2, 0) is 24.3 Å². The Morgan fingerprint density at radius 1 is 0.964 bits per heavy atom. The van der Waals surface area contributed by atoms with E-state index in [4.69, 9.17) is 4.74 Å². The van der Waals surface area contributed by atoms with E-state index in [1.807, 2.05) is 43.3 Å². The number of hydrogen-bond acceptors (Lipinski definition) is 3. The molecule has 0 fully saturated rings. The molecule has 0 heterocycles. The van der Waals surface area contributed by atoms with Gasteiger partial charge in [0.15, 0.2) is 5.96 Å². The van der Waals surface area contributed by atoms with Crippen LogP contribution in [-0.4, -0.2) is 32.1 Å². The monoisotopic (exact) mass is 382 g/mol. The fourth-order valence-corrected chi connectivity index (χ4v) is 2.73. The summed E-state index contributed by atoms with van der Waals surface area (Å²) in [6.07, 6.45) is 0.976. The van der Waals surface area contributed by atoms with E-state index >= 15 is 0 Å². The van der Waals surface area contributed by atoms with E-state index in [2.05, 4.69) is 40.0 Å². The second-order valence-electron chi connectivity index (χ2n) is 6.30. The number of benzene rings is 2. The van der Waals surface area contributed by atoms with Gasteiger partial charge in [0, 0.05) is 13.1 Å². The lowest BCUT2D eigenvalue weighted by Gasteiger charge is -2.12. The second kappa shape index (κ2) is 11.6. The van der Waals surface area contributed by atoms with Crippen molar-refractivity contribution >= 4 is 11.9 Å². The van der Waals surface area contributed by atoms with Crippen molar-refractivity contribution in [1.82, 2.24) is 16.0 Å². The molecule has 2 rings (SSSR count). The van der Waals surface area contributed by atoms with E-state index in [-0.39, 0.29) is 12.5 Å². The molecule has 0 aliphatic carbocycles. The summed E-state index contributed by atoms with van der Waals surface area (Å²) in [6.45, 7) is 6.08. The third-order valence-electron chi connectivity index (χ3n) is 4.32. The molecule has 0 unspecified atom stereocenters. The Bertz CT molecular complexity index is 772. The Hall–Kier alpha value is -3.02. The number of ether oxygens (including phenoxy) is 1. The molecular formula is C22H30N4O2.